The lowest BCUT2D eigenvalue weighted by Gasteiger charge is -2.24. The lowest BCUT2D eigenvalue weighted by Crippen LogP contribution is -2.11. The van der Waals surface area contributed by atoms with Gasteiger partial charge >= 0.3 is 0 Å². The Bertz CT molecular complexity index is 374. The molecule has 1 nitrogen and oxygen atoms in total. The minimum Gasteiger partial charge on any atom is -0.388 e. The van der Waals surface area contributed by atoms with Gasteiger partial charge in [0.15, 0.2) is 0 Å². The van der Waals surface area contributed by atoms with E-state index >= 15 is 0 Å². The van der Waals surface area contributed by atoms with Gasteiger partial charge in [0.25, 0.3) is 0 Å². The van der Waals surface area contributed by atoms with Crippen molar-refractivity contribution in [2.24, 2.45) is 0 Å². The van der Waals surface area contributed by atoms with Crippen LogP contribution >= 0.6 is 31.9 Å². The summed E-state index contributed by atoms with van der Waals surface area (Å²) >= 11 is 7.12. The van der Waals surface area contributed by atoms with Crippen LogP contribution in [0.15, 0.2) is 15.0 Å². The van der Waals surface area contributed by atoms with Crippen LogP contribution in [0.2, 0.25) is 0 Å². The van der Waals surface area contributed by atoms with Gasteiger partial charge in [-0.1, -0.05) is 31.9 Å². The highest BCUT2D eigenvalue weighted by Gasteiger charge is 2.23. The van der Waals surface area contributed by atoms with Crippen molar-refractivity contribution in [3.05, 3.63) is 31.7 Å². The van der Waals surface area contributed by atoms with Gasteiger partial charge in [-0.3, -0.25) is 0 Å². The Hall–Kier alpha value is 0.140. The van der Waals surface area contributed by atoms with E-state index in [0.29, 0.717) is 0 Å². The molecule has 0 fully saturated rings. The average Bonchev–Trinajstić information content (AvgIpc) is 2.14. The van der Waals surface area contributed by atoms with Crippen LogP contribution in [-0.2, 0) is 6.42 Å². The number of fused-ring (bicyclic) bond motifs is 1. The molecule has 1 aliphatic carbocycles. The molecule has 1 N–H and O–H groups in total. The second kappa shape index (κ2) is 3.95. The zero-order chi connectivity index (χ0) is 10.3. The maximum atomic E-state index is 9.94. The van der Waals surface area contributed by atoms with Crippen molar-refractivity contribution in [3.63, 3.8) is 0 Å². The maximum Gasteiger partial charge on any atom is 0.0804 e. The number of aliphatic hydroxyl groups excluding tert-OH is 1. The fourth-order valence-corrected chi connectivity index (χ4v) is 3.41. The molecule has 0 saturated carbocycles. The van der Waals surface area contributed by atoms with Gasteiger partial charge in [-0.25, -0.2) is 0 Å². The summed E-state index contributed by atoms with van der Waals surface area (Å²) in [6.45, 7) is 2.05. The van der Waals surface area contributed by atoms with Gasteiger partial charge in [0.2, 0.25) is 0 Å². The van der Waals surface area contributed by atoms with E-state index in [0.717, 1.165) is 33.8 Å². The Kier molecular flexibility index (Phi) is 3.01. The van der Waals surface area contributed by atoms with Crippen molar-refractivity contribution in [1.29, 1.82) is 0 Å². The molecule has 0 amide bonds. The summed E-state index contributed by atoms with van der Waals surface area (Å²) in [7, 11) is 0. The second-order valence-corrected chi connectivity index (χ2v) is 5.44. The van der Waals surface area contributed by atoms with Crippen LogP contribution in [-0.4, -0.2) is 5.11 Å². The summed E-state index contributed by atoms with van der Waals surface area (Å²) in [5, 5.41) is 9.94. The van der Waals surface area contributed by atoms with Crippen LogP contribution in [0, 0.1) is 6.92 Å². The molecule has 14 heavy (non-hydrogen) atoms. The van der Waals surface area contributed by atoms with Crippen molar-refractivity contribution in [1.82, 2.24) is 0 Å². The van der Waals surface area contributed by atoms with Crippen LogP contribution in [0.5, 0.6) is 0 Å². The minimum atomic E-state index is -0.302. The Morgan fingerprint density at radius 1 is 1.43 bits per heavy atom. The molecule has 0 aliphatic heterocycles. The number of aliphatic hydroxyl groups is 1. The predicted molar refractivity (Wildman–Crippen MR) is 64.5 cm³/mol. The van der Waals surface area contributed by atoms with Crippen molar-refractivity contribution in [2.45, 2.75) is 32.3 Å². The van der Waals surface area contributed by atoms with E-state index in [4.69, 9.17) is 0 Å². The molecule has 0 spiro atoms. The first-order valence-electron chi connectivity index (χ1n) is 4.76. The van der Waals surface area contributed by atoms with Crippen LogP contribution in [0.4, 0.5) is 0 Å². The van der Waals surface area contributed by atoms with Gasteiger partial charge in [0.05, 0.1) is 6.10 Å². The van der Waals surface area contributed by atoms with Crippen LogP contribution in [0.25, 0.3) is 0 Å². The molecule has 0 heterocycles. The second-order valence-electron chi connectivity index (χ2n) is 3.79. The molecular weight excluding hydrogens is 308 g/mol. The van der Waals surface area contributed by atoms with Gasteiger partial charge in [0.1, 0.15) is 0 Å². The Morgan fingerprint density at radius 3 is 2.86 bits per heavy atom. The molecule has 1 aliphatic rings. The number of halogens is 2. The number of aryl methyl sites for hydroxylation is 1. The van der Waals surface area contributed by atoms with Gasteiger partial charge in [-0.05, 0) is 48.9 Å². The van der Waals surface area contributed by atoms with Crippen LogP contribution in [0.3, 0.4) is 0 Å². The quantitative estimate of drug-likeness (QED) is 0.769. The molecule has 2 rings (SSSR count). The first-order valence-corrected chi connectivity index (χ1v) is 6.35. The number of benzene rings is 1. The van der Waals surface area contributed by atoms with E-state index in [1.54, 1.807) is 0 Å². The third kappa shape index (κ3) is 1.66. The molecular formula is C11H12Br2O. The van der Waals surface area contributed by atoms with E-state index in [9.17, 15) is 5.11 Å². The van der Waals surface area contributed by atoms with E-state index in [2.05, 4.69) is 44.8 Å². The fourth-order valence-electron chi connectivity index (χ4n) is 2.03. The zero-order valence-corrected chi connectivity index (χ0v) is 11.2. The highest BCUT2D eigenvalue weighted by atomic mass is 79.9. The van der Waals surface area contributed by atoms with E-state index < -0.39 is 0 Å². The van der Waals surface area contributed by atoms with Crippen LogP contribution in [0.1, 0.15) is 35.6 Å². The fraction of sp³-hybridized carbons (Fsp3) is 0.455. The van der Waals surface area contributed by atoms with Gasteiger partial charge in [-0.15, -0.1) is 0 Å². The lowest BCUT2D eigenvalue weighted by atomic mass is 9.88. The van der Waals surface area contributed by atoms with Crippen molar-refractivity contribution >= 4 is 31.9 Å². The summed E-state index contributed by atoms with van der Waals surface area (Å²) < 4.78 is 2.20. The third-order valence-corrected chi connectivity index (χ3v) is 4.54. The smallest absolute Gasteiger partial charge is 0.0804 e. The zero-order valence-electron chi connectivity index (χ0n) is 7.98. The van der Waals surface area contributed by atoms with E-state index in [1.807, 2.05) is 0 Å². The molecule has 1 aromatic rings. The maximum absolute atomic E-state index is 9.94. The molecule has 1 unspecified atom stereocenters. The molecule has 76 valence electrons. The van der Waals surface area contributed by atoms with Gasteiger partial charge in [-0.2, -0.15) is 0 Å². The van der Waals surface area contributed by atoms with E-state index in [-0.39, 0.29) is 6.10 Å². The Morgan fingerprint density at radius 2 is 2.14 bits per heavy atom. The largest absolute Gasteiger partial charge is 0.388 e. The summed E-state index contributed by atoms with van der Waals surface area (Å²) in [5.74, 6) is 0. The summed E-state index contributed by atoms with van der Waals surface area (Å²) in [6.07, 6.45) is 2.71. The number of rotatable bonds is 0. The van der Waals surface area contributed by atoms with Gasteiger partial charge < -0.3 is 5.11 Å². The monoisotopic (exact) mass is 318 g/mol. The molecule has 0 saturated heterocycles. The number of hydrogen-bond acceptors (Lipinski definition) is 1. The number of hydrogen-bond donors (Lipinski definition) is 1. The summed E-state index contributed by atoms with van der Waals surface area (Å²) in [4.78, 5) is 0. The molecule has 3 heteroatoms. The highest BCUT2D eigenvalue weighted by molar-refractivity contribution is 9.11. The van der Waals surface area contributed by atoms with Crippen molar-refractivity contribution in [3.8, 4) is 0 Å². The summed E-state index contributed by atoms with van der Waals surface area (Å²) in [6, 6.07) is 2.11. The predicted octanol–water partition coefficient (Wildman–Crippen LogP) is 3.89. The van der Waals surface area contributed by atoms with Gasteiger partial charge in [0, 0.05) is 8.95 Å². The molecule has 0 radical (unpaired) electrons. The molecule has 1 atom stereocenters. The normalized spacial score (nSPS) is 20.7. The van der Waals surface area contributed by atoms with Crippen molar-refractivity contribution in [2.75, 3.05) is 0 Å². The topological polar surface area (TPSA) is 20.2 Å². The minimum absolute atomic E-state index is 0.302. The first kappa shape index (κ1) is 10.7. The standard InChI is InChI=1S/C11H12Br2O/c1-6-5-8(12)7-3-2-4-9(14)10(7)11(6)13/h5,9,14H,2-4H2,1H3. The third-order valence-electron chi connectivity index (χ3n) is 2.78. The Labute approximate surface area is 101 Å². The van der Waals surface area contributed by atoms with Crippen molar-refractivity contribution < 1.29 is 5.11 Å². The molecule has 0 bridgehead atoms. The Balaban J connectivity index is 2.67. The van der Waals surface area contributed by atoms with E-state index in [1.165, 1.54) is 11.1 Å². The molecule has 1 aromatic carbocycles. The summed E-state index contributed by atoms with van der Waals surface area (Å²) in [5.41, 5.74) is 3.53. The lowest BCUT2D eigenvalue weighted by molar-refractivity contribution is 0.155. The first-order chi connectivity index (χ1) is 6.61. The molecule has 0 aromatic heterocycles. The highest BCUT2D eigenvalue weighted by Crippen LogP contribution is 2.40. The SMILES string of the molecule is Cc1cc(Br)c2c(c1Br)C(O)CCC2. The van der Waals surface area contributed by atoms with Crippen LogP contribution < -0.4 is 0 Å². The average molecular weight is 320 g/mol.